The maximum absolute atomic E-state index is 12.1. The molecule has 2 aromatic carbocycles. The van der Waals surface area contributed by atoms with Crippen LogP contribution in [0.3, 0.4) is 0 Å². The number of benzene rings is 2. The van der Waals surface area contributed by atoms with E-state index < -0.39 is 9.84 Å². The third-order valence-electron chi connectivity index (χ3n) is 3.11. The summed E-state index contributed by atoms with van der Waals surface area (Å²) in [6.45, 7) is 1.95. The van der Waals surface area contributed by atoms with Crippen molar-refractivity contribution in [2.45, 2.75) is 18.4 Å². The van der Waals surface area contributed by atoms with E-state index >= 15 is 0 Å². The highest BCUT2D eigenvalue weighted by atomic mass is 79.9. The molecule has 2 N–H and O–H groups in total. The smallest absolute Gasteiger partial charge is 0.180 e. The molecular formula is C15H16BrNO3S. The van der Waals surface area contributed by atoms with Gasteiger partial charge in [0.1, 0.15) is 5.75 Å². The zero-order chi connectivity index (χ0) is 15.5. The Bertz CT molecular complexity index is 744. The Hall–Kier alpha value is -1.53. The summed E-state index contributed by atoms with van der Waals surface area (Å²) in [5, 5.41) is 12.9. The van der Waals surface area contributed by atoms with Crippen molar-refractivity contribution in [3.05, 3.63) is 52.5 Å². The van der Waals surface area contributed by atoms with Gasteiger partial charge in [0.25, 0.3) is 0 Å². The number of phenols is 1. The van der Waals surface area contributed by atoms with Gasteiger partial charge < -0.3 is 10.4 Å². The van der Waals surface area contributed by atoms with E-state index in [0.717, 1.165) is 4.47 Å². The molecule has 0 spiro atoms. The van der Waals surface area contributed by atoms with E-state index in [2.05, 4.69) is 21.2 Å². The van der Waals surface area contributed by atoms with Crippen molar-refractivity contribution >= 4 is 31.5 Å². The lowest BCUT2D eigenvalue weighted by Crippen LogP contribution is -2.09. The molecule has 0 aromatic heterocycles. The fourth-order valence-electron chi connectivity index (χ4n) is 1.93. The molecule has 2 rings (SSSR count). The largest absolute Gasteiger partial charge is 0.508 e. The number of phenolic OH excluding ortho intramolecular Hbond substituents is 1. The summed E-state index contributed by atoms with van der Waals surface area (Å²) >= 11 is 3.35. The Kier molecular flexibility index (Phi) is 4.90. The average Bonchev–Trinajstić information content (AvgIpc) is 2.48. The van der Waals surface area contributed by atoms with Crippen LogP contribution in [-0.2, 0) is 16.4 Å². The number of aromatic hydroxyl groups is 1. The molecule has 0 unspecified atom stereocenters. The summed E-state index contributed by atoms with van der Waals surface area (Å²) in [5.74, 6) is 0.218. The minimum Gasteiger partial charge on any atom is -0.508 e. The van der Waals surface area contributed by atoms with Crippen LogP contribution in [0.5, 0.6) is 5.75 Å². The molecular weight excluding hydrogens is 354 g/mol. The number of halogens is 1. The van der Waals surface area contributed by atoms with Crippen LogP contribution in [0.25, 0.3) is 0 Å². The zero-order valence-corrected chi connectivity index (χ0v) is 13.9. The lowest BCUT2D eigenvalue weighted by atomic mass is 10.2. The highest BCUT2D eigenvalue weighted by Crippen LogP contribution is 2.26. The predicted octanol–water partition coefficient (Wildman–Crippen LogP) is 3.56. The van der Waals surface area contributed by atoms with Gasteiger partial charge in [0, 0.05) is 16.6 Å². The molecule has 6 heteroatoms. The summed E-state index contributed by atoms with van der Waals surface area (Å²) in [7, 11) is -3.29. The third-order valence-corrected chi connectivity index (χ3v) is 5.39. The average molecular weight is 370 g/mol. The number of sulfone groups is 1. The molecule has 0 saturated heterocycles. The van der Waals surface area contributed by atoms with E-state index in [4.69, 9.17) is 0 Å². The molecule has 0 amide bonds. The number of hydrogen-bond acceptors (Lipinski definition) is 4. The monoisotopic (exact) mass is 369 g/mol. The van der Waals surface area contributed by atoms with E-state index in [1.54, 1.807) is 49.4 Å². The second kappa shape index (κ2) is 6.49. The Morgan fingerprint density at radius 1 is 1.19 bits per heavy atom. The Balaban J connectivity index is 2.27. The normalized spacial score (nSPS) is 11.3. The summed E-state index contributed by atoms with van der Waals surface area (Å²) in [6.07, 6.45) is 0. The SMILES string of the molecule is CCS(=O)(=O)c1ccccc1NCc1cc(Br)ccc1O. The van der Waals surface area contributed by atoms with Crippen molar-refractivity contribution in [2.24, 2.45) is 0 Å². The summed E-state index contributed by atoms with van der Waals surface area (Å²) in [5.41, 5.74) is 1.23. The maximum Gasteiger partial charge on any atom is 0.180 e. The molecule has 4 nitrogen and oxygen atoms in total. The second-order valence-corrected chi connectivity index (χ2v) is 7.69. The van der Waals surface area contributed by atoms with Gasteiger partial charge in [0.05, 0.1) is 16.3 Å². The van der Waals surface area contributed by atoms with Gasteiger partial charge in [-0.1, -0.05) is 35.0 Å². The highest BCUT2D eigenvalue weighted by Gasteiger charge is 2.16. The molecule has 0 fully saturated rings. The van der Waals surface area contributed by atoms with Crippen molar-refractivity contribution in [1.82, 2.24) is 0 Å². The first-order valence-corrected chi connectivity index (χ1v) is 8.91. The first kappa shape index (κ1) is 15.9. The van der Waals surface area contributed by atoms with E-state index in [9.17, 15) is 13.5 Å². The molecule has 0 aliphatic heterocycles. The summed E-state index contributed by atoms with van der Waals surface area (Å²) in [6, 6.07) is 11.9. The van der Waals surface area contributed by atoms with Crippen molar-refractivity contribution < 1.29 is 13.5 Å². The molecule has 0 aliphatic carbocycles. The summed E-state index contributed by atoms with van der Waals surface area (Å²) in [4.78, 5) is 0.280. The van der Waals surface area contributed by atoms with Crippen molar-refractivity contribution in [1.29, 1.82) is 0 Å². The Morgan fingerprint density at radius 2 is 1.90 bits per heavy atom. The standard InChI is InChI=1S/C15H16BrNO3S/c1-2-21(19,20)15-6-4-3-5-13(15)17-10-11-9-12(16)7-8-14(11)18/h3-9,17-18H,2,10H2,1H3. The third kappa shape index (κ3) is 3.77. The van der Waals surface area contributed by atoms with E-state index in [1.165, 1.54) is 0 Å². The number of hydrogen-bond donors (Lipinski definition) is 2. The van der Waals surface area contributed by atoms with E-state index in [0.29, 0.717) is 17.8 Å². The van der Waals surface area contributed by atoms with Crippen LogP contribution in [0.2, 0.25) is 0 Å². The van der Waals surface area contributed by atoms with Crippen molar-refractivity contribution in [2.75, 3.05) is 11.1 Å². The topological polar surface area (TPSA) is 66.4 Å². The van der Waals surface area contributed by atoms with E-state index in [1.807, 2.05) is 0 Å². The maximum atomic E-state index is 12.1. The van der Waals surface area contributed by atoms with Crippen LogP contribution in [0.15, 0.2) is 51.8 Å². The number of nitrogens with one attached hydrogen (secondary N) is 1. The van der Waals surface area contributed by atoms with Crippen LogP contribution in [0.1, 0.15) is 12.5 Å². The first-order chi connectivity index (χ1) is 9.94. The predicted molar refractivity (Wildman–Crippen MR) is 87.3 cm³/mol. The van der Waals surface area contributed by atoms with Gasteiger partial charge >= 0.3 is 0 Å². The van der Waals surface area contributed by atoms with Crippen molar-refractivity contribution in [3.8, 4) is 5.75 Å². The van der Waals surface area contributed by atoms with E-state index in [-0.39, 0.29) is 16.4 Å². The lowest BCUT2D eigenvalue weighted by molar-refractivity contribution is 0.469. The minimum atomic E-state index is -3.29. The van der Waals surface area contributed by atoms with Gasteiger partial charge in [-0.25, -0.2) is 8.42 Å². The molecule has 0 radical (unpaired) electrons. The van der Waals surface area contributed by atoms with Crippen LogP contribution < -0.4 is 5.32 Å². The Morgan fingerprint density at radius 3 is 2.62 bits per heavy atom. The molecule has 112 valence electrons. The van der Waals surface area contributed by atoms with Crippen LogP contribution >= 0.6 is 15.9 Å². The lowest BCUT2D eigenvalue weighted by Gasteiger charge is -2.12. The van der Waals surface area contributed by atoms with Gasteiger partial charge in [0.2, 0.25) is 0 Å². The molecule has 21 heavy (non-hydrogen) atoms. The van der Waals surface area contributed by atoms with Crippen LogP contribution in [-0.4, -0.2) is 19.3 Å². The van der Waals surface area contributed by atoms with Crippen LogP contribution in [0.4, 0.5) is 5.69 Å². The molecule has 0 bridgehead atoms. The van der Waals surface area contributed by atoms with Gasteiger partial charge in [-0.3, -0.25) is 0 Å². The van der Waals surface area contributed by atoms with Gasteiger partial charge in [-0.15, -0.1) is 0 Å². The minimum absolute atomic E-state index is 0.0494. The fourth-order valence-corrected chi connectivity index (χ4v) is 3.41. The quantitative estimate of drug-likeness (QED) is 0.845. The number of anilines is 1. The molecule has 0 heterocycles. The zero-order valence-electron chi connectivity index (χ0n) is 11.5. The Labute approximate surface area is 132 Å². The molecule has 0 aliphatic rings. The fraction of sp³-hybridized carbons (Fsp3) is 0.200. The van der Waals surface area contributed by atoms with Crippen molar-refractivity contribution in [3.63, 3.8) is 0 Å². The van der Waals surface area contributed by atoms with Gasteiger partial charge in [-0.2, -0.15) is 0 Å². The summed E-state index contributed by atoms with van der Waals surface area (Å²) < 4.78 is 25.0. The highest BCUT2D eigenvalue weighted by molar-refractivity contribution is 9.10. The van der Waals surface area contributed by atoms with Gasteiger partial charge in [0.15, 0.2) is 9.84 Å². The molecule has 0 atom stereocenters. The second-order valence-electron chi connectivity index (χ2n) is 4.53. The molecule has 0 saturated carbocycles. The number of para-hydroxylation sites is 1. The van der Waals surface area contributed by atoms with Crippen LogP contribution in [0, 0.1) is 0 Å². The number of rotatable bonds is 5. The molecule has 2 aromatic rings. The van der Waals surface area contributed by atoms with Gasteiger partial charge in [-0.05, 0) is 30.3 Å². The first-order valence-electron chi connectivity index (χ1n) is 6.47.